The highest BCUT2D eigenvalue weighted by molar-refractivity contribution is 7.47. The number of carbonyl (C=O) groups is 9. The molecular weight excluding hydrogens is 1350 g/mol. The molecule has 27 nitrogen and oxygen atoms in total. The summed E-state index contributed by atoms with van der Waals surface area (Å²) >= 11 is 12.9. The summed E-state index contributed by atoms with van der Waals surface area (Å²) in [6.45, 7) is 0.468. The smallest absolute Gasteiger partial charge is 0.444 e. The fourth-order valence-corrected chi connectivity index (χ4v) is 13.6. The number of benzene rings is 6. The normalized spacial score (nSPS) is 16.6. The van der Waals surface area contributed by atoms with E-state index in [-0.39, 0.29) is 123 Å². The topological polar surface area (TPSA) is 392 Å². The van der Waals surface area contributed by atoms with E-state index in [9.17, 15) is 71.9 Å². The highest BCUT2D eigenvalue weighted by atomic mass is 35.5. The van der Waals surface area contributed by atoms with Crippen LogP contribution >= 0.6 is 38.8 Å². The summed E-state index contributed by atoms with van der Waals surface area (Å²) in [5, 5.41) is 15.5. The first-order valence-corrected chi connectivity index (χ1v) is 35.3. The van der Waals surface area contributed by atoms with Crippen LogP contribution in [0.3, 0.4) is 0 Å². The van der Waals surface area contributed by atoms with Crippen LogP contribution in [0.2, 0.25) is 0 Å². The van der Waals surface area contributed by atoms with E-state index >= 15 is 0 Å². The number of unbranched alkanes of at least 4 members (excludes halogenated alkanes) is 2. The zero-order chi connectivity index (χ0) is 70.1. The van der Waals surface area contributed by atoms with Gasteiger partial charge in [0.1, 0.15) is 29.6 Å². The van der Waals surface area contributed by atoms with Crippen molar-refractivity contribution in [3.8, 4) is 11.5 Å². The number of amides is 10. The maximum absolute atomic E-state index is 14.3. The number of phosphoric ester groups is 2. The number of carbonyl (C=O) groups excluding carboxylic acids is 9. The molecule has 0 bridgehead atoms. The molecular formula is C67H69Cl2N9O18P2. The van der Waals surface area contributed by atoms with Crippen LogP contribution in [0.25, 0.3) is 33.7 Å². The van der Waals surface area contributed by atoms with Gasteiger partial charge in [-0.25, -0.2) is 18.7 Å². The third kappa shape index (κ3) is 16.9. The van der Waals surface area contributed by atoms with E-state index in [4.69, 9.17) is 42.7 Å². The van der Waals surface area contributed by atoms with Gasteiger partial charge in [0.05, 0.1) is 17.1 Å². The zero-order valence-corrected chi connectivity index (χ0v) is 55.7. The van der Waals surface area contributed by atoms with Crippen molar-refractivity contribution < 1.29 is 85.6 Å². The van der Waals surface area contributed by atoms with Gasteiger partial charge in [0.25, 0.3) is 23.6 Å². The summed E-state index contributed by atoms with van der Waals surface area (Å²) in [6.07, 6.45) is 9.84. The maximum Gasteiger partial charge on any atom is 0.524 e. The Kier molecular flexibility index (Phi) is 22.5. The number of hydrogen-bond donors (Lipinski definition) is 10. The summed E-state index contributed by atoms with van der Waals surface area (Å²) in [7, 11) is -10.1. The summed E-state index contributed by atoms with van der Waals surface area (Å²) < 4.78 is 40.1. The van der Waals surface area contributed by atoms with Gasteiger partial charge in [-0.05, 0) is 114 Å². The number of urea groups is 1. The third-order valence-electron chi connectivity index (χ3n) is 17.2. The summed E-state index contributed by atoms with van der Waals surface area (Å²) in [4.78, 5) is 162. The Morgan fingerprint density at radius 1 is 0.653 bits per heavy atom. The molecule has 1 aliphatic carbocycles. The minimum Gasteiger partial charge on any atom is -0.444 e. The Morgan fingerprint density at radius 3 is 1.73 bits per heavy atom. The molecule has 11 N–H and O–H groups in total. The van der Waals surface area contributed by atoms with Gasteiger partial charge in [0.15, 0.2) is 0 Å². The molecule has 3 aliphatic heterocycles. The number of nitrogens with zero attached hydrogens (tertiary/aromatic N) is 3. The predicted octanol–water partition coefficient (Wildman–Crippen LogP) is 8.70. The molecule has 0 saturated heterocycles. The highest BCUT2D eigenvalue weighted by Crippen LogP contribution is 2.51. The van der Waals surface area contributed by atoms with Gasteiger partial charge in [-0.2, -0.15) is 0 Å². The number of nitrogens with one attached hydrogen (secondary N) is 5. The van der Waals surface area contributed by atoms with Gasteiger partial charge < -0.3 is 50.6 Å². The number of anilines is 4. The van der Waals surface area contributed by atoms with Crippen LogP contribution in [-0.4, -0.2) is 128 Å². The molecule has 3 heterocycles. The Morgan fingerprint density at radius 2 is 1.20 bits per heavy atom. The number of fused-ring (bicyclic) bond motifs is 6. The second-order valence-corrected chi connectivity index (χ2v) is 26.7. The number of primary amides is 1. The molecule has 10 rings (SSSR count). The molecule has 1 fully saturated rings. The molecule has 1 saturated carbocycles. The van der Waals surface area contributed by atoms with Crippen molar-refractivity contribution in [2.24, 2.45) is 11.1 Å². The summed E-state index contributed by atoms with van der Waals surface area (Å²) in [5.74, 6) is -4.51. The van der Waals surface area contributed by atoms with Crippen LogP contribution < -0.4 is 51.2 Å². The lowest BCUT2D eigenvalue weighted by Crippen LogP contribution is -2.58. The first-order valence-electron chi connectivity index (χ1n) is 31.2. The van der Waals surface area contributed by atoms with Crippen LogP contribution in [0, 0.1) is 5.41 Å². The van der Waals surface area contributed by atoms with Gasteiger partial charge in [-0.15, -0.1) is 23.2 Å². The lowest BCUT2D eigenvalue weighted by atomic mass is 9.67. The quantitative estimate of drug-likeness (QED) is 0.00548. The van der Waals surface area contributed by atoms with Crippen molar-refractivity contribution >= 4 is 149 Å². The van der Waals surface area contributed by atoms with Crippen LogP contribution in [0.4, 0.5) is 32.3 Å². The van der Waals surface area contributed by atoms with E-state index in [1.54, 1.807) is 72.8 Å². The fraction of sp³-hybridized carbons (Fsp3) is 0.299. The Bertz CT molecular complexity index is 4330. The monoisotopic (exact) mass is 1420 g/mol. The molecule has 10 amide bonds. The standard InChI is InChI=1S/C67H69Cl2N9O18P2/c68-35-43-37-77(52-33-54(95-97(88,89)90)46-10-2-4-12-48(46)60(43)52)58(81)23-18-40-15-19-42(20-24-59(82)78-38-44(36-69)61-49-13-5-3-11-47(49)55(34-53(61)78)96-98(91,92)93)51(32-40)75-66(87)94-39-41-16-21-45(22-17-41)73-62(83)50(14-8-30-72-65(70)86)74-64(85)67(27-9-28-67)63(84)71-29-6-1-7-31-76-56(79)25-26-57(76)80/h2-5,10-13,15-26,32-34,43-44,50H,1,6-9,14,27-31,35-39H2,(H,71,84)(H,73,83)(H,74,85)(H,75,87)(H3,70,72,86)(H2,88,89,90)(H2,91,92,93)/b23-18+,24-20+/t43-,44-,50+/m1/s1. The SMILES string of the molecule is NC(=O)NCCC[C@H](NC(=O)C1(C(=O)NCCCCCN2C(=O)C=CC2=O)CCC1)C(=O)Nc1ccc(COC(=O)Nc2cc(/C=C/C(=O)N3C[C@@H](CCl)c4c3cc(OP(=O)(O)O)c3ccccc43)ccc2/C=C/C(=O)N2C[C@@H](CCl)c3c2cc(OP(=O)(O)O)c2ccccc32)cc1. The average molecular weight is 1420 g/mol. The number of alkyl halides is 2. The molecule has 0 aromatic heterocycles. The molecule has 31 heteroatoms. The number of imide groups is 1. The molecule has 6 aromatic carbocycles. The van der Waals surface area contributed by atoms with E-state index in [1.165, 1.54) is 76.6 Å². The minimum atomic E-state index is -5.06. The number of phosphoric acid groups is 2. The Labute approximate surface area is 571 Å². The number of hydrogen-bond acceptors (Lipinski definition) is 14. The van der Waals surface area contributed by atoms with E-state index in [0.717, 1.165) is 4.90 Å². The lowest BCUT2D eigenvalue weighted by Gasteiger charge is -2.39. The minimum absolute atomic E-state index is 0.0446. The molecule has 98 heavy (non-hydrogen) atoms. The van der Waals surface area contributed by atoms with Gasteiger partial charge in [-0.1, -0.05) is 79.2 Å². The first kappa shape index (κ1) is 71.3. The Hall–Kier alpha value is -9.43. The van der Waals surface area contributed by atoms with Crippen molar-refractivity contribution in [3.05, 3.63) is 155 Å². The number of nitrogens with two attached hydrogens (primary N) is 1. The van der Waals surface area contributed by atoms with Gasteiger partial charge >= 0.3 is 27.8 Å². The second-order valence-electron chi connectivity index (χ2n) is 23.7. The highest BCUT2D eigenvalue weighted by Gasteiger charge is 2.51. The zero-order valence-electron chi connectivity index (χ0n) is 52.4. The molecule has 0 unspecified atom stereocenters. The molecule has 4 aliphatic rings. The maximum atomic E-state index is 14.3. The number of rotatable bonds is 28. The lowest BCUT2D eigenvalue weighted by molar-refractivity contribution is -0.151. The van der Waals surface area contributed by atoms with Crippen molar-refractivity contribution in [2.75, 3.05) is 64.9 Å². The van der Waals surface area contributed by atoms with E-state index in [2.05, 4.69) is 26.6 Å². The van der Waals surface area contributed by atoms with Crippen LogP contribution in [-0.2, 0) is 54.0 Å². The van der Waals surface area contributed by atoms with E-state index in [1.807, 2.05) is 0 Å². The average Bonchev–Trinajstić information content (AvgIpc) is 1.56. The molecule has 0 spiro atoms. The first-order chi connectivity index (χ1) is 46.8. The van der Waals surface area contributed by atoms with Crippen LogP contribution in [0.1, 0.15) is 91.0 Å². The summed E-state index contributed by atoms with van der Waals surface area (Å²) in [5.41, 5.74) is 7.31. The molecule has 0 radical (unpaired) electrons. The van der Waals surface area contributed by atoms with E-state index < -0.39 is 74.7 Å². The van der Waals surface area contributed by atoms with Crippen molar-refractivity contribution in [1.29, 1.82) is 0 Å². The van der Waals surface area contributed by atoms with Gasteiger partial charge in [0, 0.05) is 109 Å². The third-order valence-corrected chi connectivity index (χ3v) is 18.9. The van der Waals surface area contributed by atoms with Crippen molar-refractivity contribution in [3.63, 3.8) is 0 Å². The van der Waals surface area contributed by atoms with Crippen molar-refractivity contribution in [2.45, 2.75) is 75.9 Å². The van der Waals surface area contributed by atoms with Gasteiger partial charge in [-0.3, -0.25) is 63.4 Å². The van der Waals surface area contributed by atoms with Crippen LogP contribution in [0.5, 0.6) is 11.5 Å². The number of halogens is 2. The number of ether oxygens (including phenoxy) is 1. The Balaban J connectivity index is 0.836. The van der Waals surface area contributed by atoms with Crippen molar-refractivity contribution in [1.82, 2.24) is 20.9 Å². The van der Waals surface area contributed by atoms with E-state index in [0.29, 0.717) is 80.9 Å². The second kappa shape index (κ2) is 31.0. The van der Waals surface area contributed by atoms with Crippen LogP contribution in [0.15, 0.2) is 127 Å². The molecule has 514 valence electrons. The fourth-order valence-electron chi connectivity index (χ4n) is 12.3. The molecule has 6 aromatic rings. The predicted molar refractivity (Wildman–Crippen MR) is 366 cm³/mol. The van der Waals surface area contributed by atoms with Gasteiger partial charge in [0.2, 0.25) is 17.7 Å². The summed E-state index contributed by atoms with van der Waals surface area (Å²) in [6, 6.07) is 25.3. The molecule has 3 atom stereocenters. The largest absolute Gasteiger partial charge is 0.524 e.